The van der Waals surface area contributed by atoms with Gasteiger partial charge in [-0.15, -0.1) is 0 Å². The van der Waals surface area contributed by atoms with E-state index < -0.39 is 16.5 Å². The van der Waals surface area contributed by atoms with Gasteiger partial charge in [-0.25, -0.2) is 4.39 Å². The number of halogens is 2. The Morgan fingerprint density at radius 2 is 2.22 bits per heavy atom. The van der Waals surface area contributed by atoms with E-state index in [2.05, 4.69) is 0 Å². The Morgan fingerprint density at radius 3 is 2.22 bits per heavy atom. The van der Waals surface area contributed by atoms with Crippen LogP contribution in [0.4, 0.5) is 4.39 Å². The summed E-state index contributed by atoms with van der Waals surface area (Å²) < 4.78 is 12.5. The van der Waals surface area contributed by atoms with Crippen LogP contribution in [0.3, 0.4) is 0 Å². The minimum Gasteiger partial charge on any atom is -0.481 e. The van der Waals surface area contributed by atoms with Crippen molar-refractivity contribution in [1.82, 2.24) is 0 Å². The van der Waals surface area contributed by atoms with E-state index in [0.717, 1.165) is 0 Å². The highest BCUT2D eigenvalue weighted by Crippen LogP contribution is 2.61. The number of carboxylic acid groups (broad SMARTS) is 1. The summed E-state index contributed by atoms with van der Waals surface area (Å²) in [6.07, 6.45) is -0.0864. The van der Waals surface area contributed by atoms with Crippen molar-refractivity contribution in [2.45, 2.75) is 18.5 Å². The molecule has 1 fully saturated rings. The van der Waals surface area contributed by atoms with E-state index in [-0.39, 0.29) is 6.42 Å². The molecule has 0 aliphatic heterocycles. The van der Waals surface area contributed by atoms with Crippen LogP contribution in [0.5, 0.6) is 0 Å². The Morgan fingerprint density at radius 1 is 1.89 bits per heavy atom. The minimum absolute atomic E-state index is 0.0864. The molecule has 0 spiro atoms. The maximum absolute atomic E-state index is 12.5. The van der Waals surface area contributed by atoms with Gasteiger partial charge in [-0.1, -0.05) is 11.6 Å². The fraction of sp³-hybridized carbons (Fsp3) is 0.800. The molecular formula is C5H6ClFO2. The zero-order valence-corrected chi connectivity index (χ0v) is 5.57. The average Bonchev–Trinajstić information content (AvgIpc) is 2.08. The van der Waals surface area contributed by atoms with Crippen LogP contribution in [0.2, 0.25) is 0 Å². The SMILES string of the molecule is C[C@@]1(C(=O)O)C[C@@]1(F)Cl. The van der Waals surface area contributed by atoms with Gasteiger partial charge in [-0.2, -0.15) is 0 Å². The van der Waals surface area contributed by atoms with Crippen LogP contribution >= 0.6 is 11.6 Å². The third-order valence-corrected chi connectivity index (χ3v) is 2.28. The third-order valence-electron chi connectivity index (χ3n) is 1.73. The Labute approximate surface area is 56.6 Å². The molecule has 0 heterocycles. The zero-order valence-electron chi connectivity index (χ0n) is 4.82. The van der Waals surface area contributed by atoms with Crippen molar-refractivity contribution >= 4 is 17.6 Å². The second kappa shape index (κ2) is 1.40. The van der Waals surface area contributed by atoms with Crippen LogP contribution in [0.15, 0.2) is 0 Å². The largest absolute Gasteiger partial charge is 0.481 e. The fourth-order valence-corrected chi connectivity index (χ4v) is 0.980. The van der Waals surface area contributed by atoms with Gasteiger partial charge >= 0.3 is 5.97 Å². The highest BCUT2D eigenvalue weighted by atomic mass is 35.5. The first-order chi connectivity index (χ1) is 3.90. The quantitative estimate of drug-likeness (QED) is 0.577. The van der Waals surface area contributed by atoms with Gasteiger partial charge in [0.1, 0.15) is 5.41 Å². The lowest BCUT2D eigenvalue weighted by atomic mass is 10.1. The molecule has 2 atom stereocenters. The molecule has 9 heavy (non-hydrogen) atoms. The summed E-state index contributed by atoms with van der Waals surface area (Å²) in [6, 6.07) is 0. The van der Waals surface area contributed by atoms with Crippen LogP contribution in [-0.2, 0) is 4.79 Å². The van der Waals surface area contributed by atoms with E-state index in [1.165, 1.54) is 6.92 Å². The minimum atomic E-state index is -2.00. The third kappa shape index (κ3) is 0.713. The predicted molar refractivity (Wildman–Crippen MR) is 30.1 cm³/mol. The lowest BCUT2D eigenvalue weighted by Crippen LogP contribution is -2.17. The monoisotopic (exact) mass is 152 g/mol. The summed E-state index contributed by atoms with van der Waals surface area (Å²) in [5.74, 6) is -1.17. The highest BCUT2D eigenvalue weighted by molar-refractivity contribution is 6.27. The molecule has 52 valence electrons. The molecule has 0 bridgehead atoms. The molecule has 0 saturated heterocycles. The molecule has 0 aromatic rings. The summed E-state index contributed by atoms with van der Waals surface area (Å²) in [4.78, 5) is 10.2. The van der Waals surface area contributed by atoms with E-state index in [4.69, 9.17) is 16.7 Å². The number of aliphatic carboxylic acids is 1. The first-order valence-electron chi connectivity index (χ1n) is 2.51. The van der Waals surface area contributed by atoms with E-state index in [9.17, 15) is 9.18 Å². The molecule has 2 nitrogen and oxygen atoms in total. The molecule has 0 aromatic carbocycles. The summed E-state index contributed by atoms with van der Waals surface area (Å²) in [7, 11) is 0. The maximum atomic E-state index is 12.5. The topological polar surface area (TPSA) is 37.3 Å². The fourth-order valence-electron chi connectivity index (χ4n) is 0.632. The van der Waals surface area contributed by atoms with Crippen molar-refractivity contribution in [3.8, 4) is 0 Å². The molecule has 1 aliphatic rings. The van der Waals surface area contributed by atoms with Gasteiger partial charge < -0.3 is 5.11 Å². The molecule has 0 amide bonds. The summed E-state index contributed by atoms with van der Waals surface area (Å²) in [5, 5.41) is 6.32. The molecule has 0 aromatic heterocycles. The average molecular weight is 153 g/mol. The Bertz CT molecular complexity index is 168. The van der Waals surface area contributed by atoms with Gasteiger partial charge in [0.2, 0.25) is 5.13 Å². The van der Waals surface area contributed by atoms with Crippen molar-refractivity contribution in [3.05, 3.63) is 0 Å². The molecule has 1 aliphatic carbocycles. The number of carbonyl (C=O) groups is 1. The molecule has 0 unspecified atom stereocenters. The summed E-state index contributed by atoms with van der Waals surface area (Å²) in [5.41, 5.74) is -1.34. The van der Waals surface area contributed by atoms with Crippen molar-refractivity contribution in [2.75, 3.05) is 0 Å². The van der Waals surface area contributed by atoms with Crippen LogP contribution < -0.4 is 0 Å². The van der Waals surface area contributed by atoms with Gasteiger partial charge in [0.25, 0.3) is 0 Å². The first kappa shape index (κ1) is 6.81. The predicted octanol–water partition coefficient (Wildman–Crippen LogP) is 1.39. The number of carboxylic acids is 1. The normalized spacial score (nSPS) is 48.8. The summed E-state index contributed by atoms with van der Waals surface area (Å²) >= 11 is 5.10. The molecule has 4 heteroatoms. The number of hydrogen-bond acceptors (Lipinski definition) is 1. The van der Waals surface area contributed by atoms with Crippen LogP contribution in [-0.4, -0.2) is 16.2 Å². The van der Waals surface area contributed by atoms with Crippen molar-refractivity contribution in [3.63, 3.8) is 0 Å². The van der Waals surface area contributed by atoms with E-state index in [1.54, 1.807) is 0 Å². The van der Waals surface area contributed by atoms with Crippen LogP contribution in [0.25, 0.3) is 0 Å². The van der Waals surface area contributed by atoms with Gasteiger partial charge in [-0.05, 0) is 6.92 Å². The second-order valence-electron chi connectivity index (χ2n) is 2.52. The van der Waals surface area contributed by atoms with Crippen LogP contribution in [0, 0.1) is 5.41 Å². The standard InChI is InChI=1S/C5H6ClFO2/c1-4(3(8)9)2-5(4,6)7/h2H2,1H3,(H,8,9)/t4-,5-/m0/s1. The van der Waals surface area contributed by atoms with Gasteiger partial charge in [0.15, 0.2) is 0 Å². The molecule has 1 rings (SSSR count). The van der Waals surface area contributed by atoms with Gasteiger partial charge in [0, 0.05) is 6.42 Å². The van der Waals surface area contributed by atoms with E-state index in [1.807, 2.05) is 0 Å². The highest BCUT2D eigenvalue weighted by Gasteiger charge is 2.70. The molecule has 1 saturated carbocycles. The Kier molecular flexibility index (Phi) is 1.06. The number of hydrogen-bond donors (Lipinski definition) is 1. The molecule has 0 radical (unpaired) electrons. The number of rotatable bonds is 1. The van der Waals surface area contributed by atoms with Gasteiger partial charge in [0.05, 0.1) is 0 Å². The molecule has 1 N–H and O–H groups in total. The van der Waals surface area contributed by atoms with E-state index >= 15 is 0 Å². The molecular weight excluding hydrogens is 147 g/mol. The van der Waals surface area contributed by atoms with Gasteiger partial charge in [-0.3, -0.25) is 4.79 Å². The first-order valence-corrected chi connectivity index (χ1v) is 2.89. The second-order valence-corrected chi connectivity index (χ2v) is 3.12. The van der Waals surface area contributed by atoms with Crippen molar-refractivity contribution in [1.29, 1.82) is 0 Å². The van der Waals surface area contributed by atoms with Crippen molar-refractivity contribution < 1.29 is 14.3 Å². The van der Waals surface area contributed by atoms with Crippen LogP contribution in [0.1, 0.15) is 13.3 Å². The van der Waals surface area contributed by atoms with Crippen molar-refractivity contribution in [2.24, 2.45) is 5.41 Å². The maximum Gasteiger partial charge on any atom is 0.314 e. The zero-order chi connectivity index (χ0) is 7.28. The Hall–Kier alpha value is -0.310. The smallest absolute Gasteiger partial charge is 0.314 e. The lowest BCUT2D eigenvalue weighted by Gasteiger charge is -2.01. The lowest BCUT2D eigenvalue weighted by molar-refractivity contribution is -0.143. The number of alkyl halides is 2. The van der Waals surface area contributed by atoms with E-state index in [0.29, 0.717) is 0 Å². The Balaban J connectivity index is 2.74. The summed E-state index contributed by atoms with van der Waals surface area (Å²) in [6.45, 7) is 1.29.